The zero-order valence-corrected chi connectivity index (χ0v) is 20.3. The lowest BCUT2D eigenvalue weighted by atomic mass is 9.83. The van der Waals surface area contributed by atoms with E-state index in [4.69, 9.17) is 24.7 Å². The van der Waals surface area contributed by atoms with Gasteiger partial charge in [0.2, 0.25) is 11.8 Å². The van der Waals surface area contributed by atoms with Crippen LogP contribution in [0.2, 0.25) is 0 Å². The predicted molar refractivity (Wildman–Crippen MR) is 133 cm³/mol. The molecule has 0 saturated carbocycles. The average molecular weight is 489 g/mol. The highest BCUT2D eigenvalue weighted by atomic mass is 16.5. The highest BCUT2D eigenvalue weighted by Gasteiger charge is 2.36. The highest BCUT2D eigenvalue weighted by Crippen LogP contribution is 2.47. The molecule has 0 radical (unpaired) electrons. The molecular formula is C27H30N5O4+. The summed E-state index contributed by atoms with van der Waals surface area (Å²) >= 11 is 0. The Morgan fingerprint density at radius 1 is 1.14 bits per heavy atom. The Morgan fingerprint density at radius 2 is 1.94 bits per heavy atom. The molecule has 2 aliphatic rings. The van der Waals surface area contributed by atoms with Crippen molar-refractivity contribution in [2.45, 2.75) is 12.8 Å². The molecule has 0 spiro atoms. The van der Waals surface area contributed by atoms with Gasteiger partial charge in [0, 0.05) is 0 Å². The van der Waals surface area contributed by atoms with Crippen LogP contribution in [-0.2, 0) is 4.74 Å². The van der Waals surface area contributed by atoms with E-state index in [1.54, 1.807) is 0 Å². The van der Waals surface area contributed by atoms with E-state index in [1.807, 2.05) is 55.5 Å². The summed E-state index contributed by atoms with van der Waals surface area (Å²) in [6.45, 7) is 7.45. The minimum Gasteiger partial charge on any atom is -0.490 e. The zero-order valence-electron chi connectivity index (χ0n) is 20.3. The van der Waals surface area contributed by atoms with E-state index < -0.39 is 5.92 Å². The maximum absolute atomic E-state index is 10.0. The van der Waals surface area contributed by atoms with Crippen molar-refractivity contribution in [2.75, 3.05) is 46.1 Å². The first-order valence-electron chi connectivity index (χ1n) is 12.2. The Labute approximate surface area is 210 Å². The molecular weight excluding hydrogens is 458 g/mol. The number of aromatic amines is 1. The van der Waals surface area contributed by atoms with Crippen LogP contribution < -0.4 is 24.8 Å². The van der Waals surface area contributed by atoms with Crippen LogP contribution in [0.1, 0.15) is 24.0 Å². The van der Waals surface area contributed by atoms with E-state index >= 15 is 0 Å². The van der Waals surface area contributed by atoms with Gasteiger partial charge >= 0.3 is 0 Å². The smallest absolute Gasteiger partial charge is 0.244 e. The van der Waals surface area contributed by atoms with E-state index in [9.17, 15) is 5.26 Å². The summed E-state index contributed by atoms with van der Waals surface area (Å²) in [6, 6.07) is 17.8. The number of quaternary nitrogens is 1. The van der Waals surface area contributed by atoms with Crippen molar-refractivity contribution in [2.24, 2.45) is 5.73 Å². The molecule has 5 rings (SSSR count). The second-order valence-corrected chi connectivity index (χ2v) is 8.71. The second-order valence-electron chi connectivity index (χ2n) is 8.71. The molecule has 1 saturated heterocycles. The van der Waals surface area contributed by atoms with Gasteiger partial charge in [0.05, 0.1) is 37.0 Å². The Kier molecular flexibility index (Phi) is 7.07. The first kappa shape index (κ1) is 23.7. The van der Waals surface area contributed by atoms with Crippen LogP contribution in [0.5, 0.6) is 17.4 Å². The van der Waals surface area contributed by atoms with Crippen LogP contribution in [-0.4, -0.2) is 56.3 Å². The summed E-state index contributed by atoms with van der Waals surface area (Å²) in [4.78, 5) is 1.47. The number of aromatic nitrogens is 2. The number of morpholine rings is 1. The first-order valence-corrected chi connectivity index (χ1v) is 12.2. The zero-order chi connectivity index (χ0) is 24.9. The molecule has 2 aliphatic heterocycles. The van der Waals surface area contributed by atoms with Crippen molar-refractivity contribution in [1.82, 2.24) is 10.2 Å². The maximum atomic E-state index is 10.0. The lowest BCUT2D eigenvalue weighted by molar-refractivity contribution is -0.908. The number of hydrogen-bond acceptors (Lipinski definition) is 7. The van der Waals surface area contributed by atoms with Crippen molar-refractivity contribution in [3.05, 3.63) is 71.1 Å². The third-order valence-electron chi connectivity index (χ3n) is 6.52. The minimum atomic E-state index is -0.473. The van der Waals surface area contributed by atoms with Gasteiger partial charge in [-0.15, -0.1) is 5.10 Å². The van der Waals surface area contributed by atoms with Crippen LogP contribution in [0.15, 0.2) is 60.0 Å². The normalized spacial score (nSPS) is 17.7. The quantitative estimate of drug-likeness (QED) is 0.444. The number of nitrogens with two attached hydrogens (primary N) is 1. The first-order chi connectivity index (χ1) is 17.7. The summed E-state index contributed by atoms with van der Waals surface area (Å²) in [5.74, 6) is 1.24. The van der Waals surface area contributed by atoms with Gasteiger partial charge in [-0.1, -0.05) is 36.4 Å². The summed E-state index contributed by atoms with van der Waals surface area (Å²) in [6.07, 6.45) is 0. The molecule has 36 heavy (non-hydrogen) atoms. The van der Waals surface area contributed by atoms with E-state index in [1.165, 1.54) is 4.90 Å². The lowest BCUT2D eigenvalue weighted by Crippen LogP contribution is -3.14. The topological polar surface area (TPSA) is 120 Å². The second kappa shape index (κ2) is 10.7. The number of nitrogens with one attached hydrogen (secondary N) is 2. The number of benzene rings is 2. The molecule has 4 N–H and O–H groups in total. The van der Waals surface area contributed by atoms with Gasteiger partial charge in [-0.05, 0) is 30.2 Å². The number of rotatable bonds is 8. The molecule has 1 fully saturated rings. The molecule has 9 nitrogen and oxygen atoms in total. The molecule has 1 atom stereocenters. The van der Waals surface area contributed by atoms with Crippen LogP contribution in [0, 0.1) is 11.3 Å². The molecule has 3 heterocycles. The molecule has 0 aliphatic carbocycles. The summed E-state index contributed by atoms with van der Waals surface area (Å²) in [7, 11) is 0. The number of nitrogens with zero attached hydrogens (tertiary/aromatic N) is 2. The lowest BCUT2D eigenvalue weighted by Gasteiger charge is -2.25. The van der Waals surface area contributed by atoms with Gasteiger partial charge in [0.15, 0.2) is 11.5 Å². The fourth-order valence-electron chi connectivity index (χ4n) is 4.71. The summed E-state index contributed by atoms with van der Waals surface area (Å²) < 4.78 is 23.2. The number of allylic oxidation sites excluding steroid dienone is 1. The van der Waals surface area contributed by atoms with Crippen molar-refractivity contribution in [3.63, 3.8) is 0 Å². The Hall–Kier alpha value is -4.00. The van der Waals surface area contributed by atoms with Gasteiger partial charge < -0.3 is 29.6 Å². The molecule has 2 aromatic carbocycles. The van der Waals surface area contributed by atoms with Crippen LogP contribution in [0.3, 0.4) is 0 Å². The van der Waals surface area contributed by atoms with E-state index in [0.29, 0.717) is 36.2 Å². The highest BCUT2D eigenvalue weighted by molar-refractivity contribution is 5.71. The van der Waals surface area contributed by atoms with Crippen molar-refractivity contribution in [3.8, 4) is 34.7 Å². The molecule has 1 aromatic heterocycles. The molecule has 9 heteroatoms. The minimum absolute atomic E-state index is 0.0490. The number of hydrogen-bond donors (Lipinski definition) is 3. The Morgan fingerprint density at radius 3 is 2.69 bits per heavy atom. The van der Waals surface area contributed by atoms with Crippen molar-refractivity contribution >= 4 is 0 Å². The SMILES string of the molecule is CCOc1cc([C@@H]2C(C#N)=C(N)Oc3n[nH]c(-c4ccccc4)c32)ccc1OCC[NH+]1CCOCC1. The standard InChI is InChI=1S/C27H29N5O4/c1-2-34-22-16-19(8-9-21(22)35-15-12-32-10-13-33-14-11-32)23-20(17-28)26(29)36-27-24(23)25(30-31-27)18-6-4-3-5-7-18/h3-9,16,23H,2,10-15,29H2,1H3,(H,30,31)/p+1/t23-/m1/s1. The fraction of sp³-hybridized carbons (Fsp3) is 0.333. The number of H-pyrrole nitrogens is 1. The van der Waals surface area contributed by atoms with Gasteiger partial charge in [-0.3, -0.25) is 5.10 Å². The van der Waals surface area contributed by atoms with E-state index in [-0.39, 0.29) is 5.88 Å². The van der Waals surface area contributed by atoms with E-state index in [2.05, 4.69) is 16.3 Å². The average Bonchev–Trinajstić information content (AvgIpc) is 3.33. The summed E-state index contributed by atoms with van der Waals surface area (Å²) in [5, 5.41) is 17.4. The monoisotopic (exact) mass is 488 g/mol. The van der Waals surface area contributed by atoms with E-state index in [0.717, 1.165) is 55.2 Å². The molecule has 0 unspecified atom stereocenters. The number of fused-ring (bicyclic) bond motifs is 1. The van der Waals surface area contributed by atoms with Crippen LogP contribution >= 0.6 is 0 Å². The van der Waals surface area contributed by atoms with Gasteiger partial charge in [-0.25, -0.2) is 0 Å². The van der Waals surface area contributed by atoms with Crippen LogP contribution in [0.25, 0.3) is 11.3 Å². The third-order valence-corrected chi connectivity index (χ3v) is 6.52. The third kappa shape index (κ3) is 4.73. The largest absolute Gasteiger partial charge is 0.490 e. The van der Waals surface area contributed by atoms with Crippen molar-refractivity contribution < 1.29 is 23.8 Å². The van der Waals surface area contributed by atoms with Gasteiger partial charge in [0.1, 0.15) is 37.9 Å². The number of ether oxygens (including phenoxy) is 4. The van der Waals surface area contributed by atoms with Crippen molar-refractivity contribution in [1.29, 1.82) is 5.26 Å². The van der Waals surface area contributed by atoms with Gasteiger partial charge in [-0.2, -0.15) is 5.26 Å². The number of nitriles is 1. The predicted octanol–water partition coefficient (Wildman–Crippen LogP) is 1.99. The fourth-order valence-corrected chi connectivity index (χ4v) is 4.71. The molecule has 186 valence electrons. The molecule has 3 aromatic rings. The Balaban J connectivity index is 1.48. The van der Waals surface area contributed by atoms with Gasteiger partial charge in [0.25, 0.3) is 0 Å². The summed E-state index contributed by atoms with van der Waals surface area (Å²) in [5.41, 5.74) is 9.81. The maximum Gasteiger partial charge on any atom is 0.244 e. The van der Waals surface area contributed by atoms with Crippen LogP contribution in [0.4, 0.5) is 0 Å². The molecule has 0 bridgehead atoms. The molecule has 0 amide bonds. The Bertz CT molecular complexity index is 1280.